The molecule has 0 saturated heterocycles. The van der Waals surface area contributed by atoms with Crippen molar-refractivity contribution in [3.8, 4) is 0 Å². The van der Waals surface area contributed by atoms with E-state index >= 15 is 0 Å². The van der Waals surface area contributed by atoms with Crippen LogP contribution in [0.3, 0.4) is 0 Å². The van der Waals surface area contributed by atoms with Gasteiger partial charge in [0.1, 0.15) is 0 Å². The highest BCUT2D eigenvalue weighted by Gasteiger charge is 2.16. The number of hydrogen-bond acceptors (Lipinski definition) is 1. The second-order valence-corrected chi connectivity index (χ2v) is 8.04. The molecule has 0 saturated carbocycles. The first kappa shape index (κ1) is 21.4. The van der Waals surface area contributed by atoms with Gasteiger partial charge < -0.3 is 14.8 Å². The lowest BCUT2D eigenvalue weighted by Gasteiger charge is -2.24. The molecule has 0 bridgehead atoms. The molecule has 1 N–H and O–H groups in total. The third-order valence-electron chi connectivity index (χ3n) is 5.67. The molecule has 4 rings (SSSR count). The van der Waals surface area contributed by atoms with E-state index < -0.39 is 0 Å². The number of aryl methyl sites for hydroxylation is 1. The molecule has 162 valence electrons. The second-order valence-electron chi connectivity index (χ2n) is 8.04. The average molecular weight is 424 g/mol. The molecule has 3 aromatic carbocycles. The van der Waals surface area contributed by atoms with Crippen LogP contribution in [0, 0.1) is 6.92 Å². The number of hydrogen-bond donors (Lipinski definition) is 1. The minimum absolute atomic E-state index is 0.0682. The predicted octanol–water partition coefficient (Wildman–Crippen LogP) is 5.76. The quantitative estimate of drug-likeness (QED) is 0.385. The molecule has 1 aromatic heterocycles. The fourth-order valence-electron chi connectivity index (χ4n) is 3.80. The lowest BCUT2D eigenvalue weighted by atomic mass is 10.1. The Morgan fingerprint density at radius 1 is 0.781 bits per heavy atom. The maximum atomic E-state index is 13.2. The number of amides is 2. The Morgan fingerprint density at radius 3 is 2.16 bits per heavy atom. The van der Waals surface area contributed by atoms with E-state index in [1.54, 1.807) is 0 Å². The van der Waals surface area contributed by atoms with Gasteiger partial charge in [-0.25, -0.2) is 4.79 Å². The van der Waals surface area contributed by atoms with Crippen molar-refractivity contribution < 1.29 is 4.79 Å². The highest BCUT2D eigenvalue weighted by Crippen LogP contribution is 2.15. The van der Waals surface area contributed by atoms with Crippen LogP contribution in [0.5, 0.6) is 0 Å². The molecule has 0 spiro atoms. The van der Waals surface area contributed by atoms with Crippen molar-refractivity contribution in [3.63, 3.8) is 0 Å². The van der Waals surface area contributed by atoms with Crippen molar-refractivity contribution in [1.82, 2.24) is 14.8 Å². The molecule has 0 radical (unpaired) electrons. The smallest absolute Gasteiger partial charge is 0.318 e. The number of nitrogens with one attached hydrogen (secondary N) is 1. The van der Waals surface area contributed by atoms with Crippen LogP contribution in [0.1, 0.15) is 27.9 Å². The summed E-state index contributed by atoms with van der Waals surface area (Å²) in [7, 11) is 0. The first-order valence-corrected chi connectivity index (χ1v) is 11.0. The second kappa shape index (κ2) is 10.5. The number of rotatable bonds is 8. The third kappa shape index (κ3) is 5.67. The maximum Gasteiger partial charge on any atom is 0.318 e. The van der Waals surface area contributed by atoms with E-state index in [9.17, 15) is 4.79 Å². The summed E-state index contributed by atoms with van der Waals surface area (Å²) in [4.78, 5) is 15.1. The van der Waals surface area contributed by atoms with E-state index in [-0.39, 0.29) is 6.03 Å². The van der Waals surface area contributed by atoms with Gasteiger partial charge in [-0.1, -0.05) is 84.9 Å². The third-order valence-corrected chi connectivity index (χ3v) is 5.67. The van der Waals surface area contributed by atoms with Crippen LogP contribution in [0.15, 0.2) is 103 Å². The average Bonchev–Trinajstić information content (AvgIpc) is 3.26. The number of aromatic nitrogens is 1. The number of urea groups is 1. The fraction of sp³-hybridized carbons (Fsp3) is 0.179. The van der Waals surface area contributed by atoms with E-state index in [1.807, 2.05) is 53.4 Å². The summed E-state index contributed by atoms with van der Waals surface area (Å²) in [6, 6.07) is 32.7. The molecule has 4 aromatic rings. The van der Waals surface area contributed by atoms with Gasteiger partial charge in [0.2, 0.25) is 0 Å². The van der Waals surface area contributed by atoms with E-state index in [2.05, 4.69) is 71.5 Å². The van der Waals surface area contributed by atoms with E-state index in [0.717, 1.165) is 23.4 Å². The molecular formula is C28H29N3O. The molecule has 0 aliphatic heterocycles. The summed E-state index contributed by atoms with van der Waals surface area (Å²) >= 11 is 0. The van der Waals surface area contributed by atoms with Gasteiger partial charge >= 0.3 is 6.03 Å². The molecule has 1 heterocycles. The lowest BCUT2D eigenvalue weighted by Crippen LogP contribution is -2.39. The van der Waals surface area contributed by atoms with E-state index in [4.69, 9.17) is 0 Å². The molecule has 0 aliphatic rings. The van der Waals surface area contributed by atoms with E-state index in [0.29, 0.717) is 19.6 Å². The van der Waals surface area contributed by atoms with Gasteiger partial charge in [0.25, 0.3) is 0 Å². The highest BCUT2D eigenvalue weighted by molar-refractivity contribution is 5.74. The Hall–Kier alpha value is -3.79. The van der Waals surface area contributed by atoms with Crippen molar-refractivity contribution in [2.24, 2.45) is 0 Å². The van der Waals surface area contributed by atoms with Gasteiger partial charge in [-0.3, -0.25) is 0 Å². The molecule has 4 heteroatoms. The standard InChI is InChI=1S/C28H29N3O/c1-23-11-8-9-16-26(23)21-30-18-10-17-27(30)22-31(20-25-14-6-3-7-15-25)28(32)29-19-24-12-4-2-5-13-24/h2-18H,19-22H2,1H3,(H,29,32). The molecule has 0 aliphatic carbocycles. The normalized spacial score (nSPS) is 10.7. The van der Waals surface area contributed by atoms with Crippen molar-refractivity contribution in [2.45, 2.75) is 33.1 Å². The Labute approximate surface area is 190 Å². The zero-order valence-electron chi connectivity index (χ0n) is 18.4. The molecule has 0 atom stereocenters. The summed E-state index contributed by atoms with van der Waals surface area (Å²) in [5, 5.41) is 3.09. The summed E-state index contributed by atoms with van der Waals surface area (Å²) in [5.41, 5.74) is 5.86. The molecular weight excluding hydrogens is 394 g/mol. The first-order valence-electron chi connectivity index (χ1n) is 11.0. The number of benzene rings is 3. The highest BCUT2D eigenvalue weighted by atomic mass is 16.2. The predicted molar refractivity (Wildman–Crippen MR) is 129 cm³/mol. The molecule has 32 heavy (non-hydrogen) atoms. The minimum atomic E-state index is -0.0682. The summed E-state index contributed by atoms with van der Waals surface area (Å²) in [5.74, 6) is 0. The topological polar surface area (TPSA) is 37.3 Å². The Bertz CT molecular complexity index is 1140. The SMILES string of the molecule is Cc1ccccc1Cn1cccc1CN(Cc1ccccc1)C(=O)NCc1ccccc1. The lowest BCUT2D eigenvalue weighted by molar-refractivity contribution is 0.190. The zero-order valence-corrected chi connectivity index (χ0v) is 18.4. The van der Waals surface area contributed by atoms with Crippen LogP contribution < -0.4 is 5.32 Å². The van der Waals surface area contributed by atoms with Crippen LogP contribution in [-0.4, -0.2) is 15.5 Å². The Morgan fingerprint density at radius 2 is 1.44 bits per heavy atom. The number of nitrogens with zero attached hydrogens (tertiary/aromatic N) is 2. The van der Waals surface area contributed by atoms with Crippen LogP contribution in [0.4, 0.5) is 4.79 Å². The van der Waals surface area contributed by atoms with Gasteiger partial charge in [0.15, 0.2) is 0 Å². The van der Waals surface area contributed by atoms with Crippen molar-refractivity contribution in [3.05, 3.63) is 131 Å². The van der Waals surface area contributed by atoms with Gasteiger partial charge in [0.05, 0.1) is 6.54 Å². The first-order chi connectivity index (χ1) is 15.7. The van der Waals surface area contributed by atoms with Crippen LogP contribution in [0.25, 0.3) is 0 Å². The van der Waals surface area contributed by atoms with Crippen LogP contribution >= 0.6 is 0 Å². The minimum Gasteiger partial charge on any atom is -0.345 e. The van der Waals surface area contributed by atoms with Crippen molar-refractivity contribution >= 4 is 6.03 Å². The van der Waals surface area contributed by atoms with Crippen molar-refractivity contribution in [1.29, 1.82) is 0 Å². The largest absolute Gasteiger partial charge is 0.345 e. The molecule has 0 unspecified atom stereocenters. The van der Waals surface area contributed by atoms with Crippen LogP contribution in [0.2, 0.25) is 0 Å². The van der Waals surface area contributed by atoms with Gasteiger partial charge in [0, 0.05) is 31.5 Å². The van der Waals surface area contributed by atoms with Crippen LogP contribution in [-0.2, 0) is 26.2 Å². The monoisotopic (exact) mass is 423 g/mol. The Kier molecular flexibility index (Phi) is 7.03. The summed E-state index contributed by atoms with van der Waals surface area (Å²) in [6.45, 7) is 4.53. The van der Waals surface area contributed by atoms with Crippen molar-refractivity contribution in [2.75, 3.05) is 0 Å². The van der Waals surface area contributed by atoms with Gasteiger partial charge in [-0.05, 0) is 41.3 Å². The number of carbonyl (C=O) groups excluding carboxylic acids is 1. The molecule has 4 nitrogen and oxygen atoms in total. The van der Waals surface area contributed by atoms with Gasteiger partial charge in [-0.2, -0.15) is 0 Å². The van der Waals surface area contributed by atoms with E-state index in [1.165, 1.54) is 11.1 Å². The van der Waals surface area contributed by atoms with Gasteiger partial charge in [-0.15, -0.1) is 0 Å². The molecule has 2 amide bonds. The maximum absolute atomic E-state index is 13.2. The summed E-state index contributed by atoms with van der Waals surface area (Å²) < 4.78 is 2.23. The fourth-order valence-corrected chi connectivity index (χ4v) is 3.80. The number of carbonyl (C=O) groups is 1. The zero-order chi connectivity index (χ0) is 22.2. The summed E-state index contributed by atoms with van der Waals surface area (Å²) in [6.07, 6.45) is 2.09. The molecule has 0 fully saturated rings. The Balaban J connectivity index is 1.51.